The number of rotatable bonds is 0. The lowest BCUT2D eigenvalue weighted by molar-refractivity contribution is 0.457. The first-order valence-corrected chi connectivity index (χ1v) is 5.72. The molecule has 0 aromatic heterocycles. The van der Waals surface area contributed by atoms with Crippen molar-refractivity contribution in [3.05, 3.63) is 0 Å². The van der Waals surface area contributed by atoms with Crippen molar-refractivity contribution in [2.45, 2.75) is 21.5 Å². The zero-order valence-electron chi connectivity index (χ0n) is 6.24. The average Bonchev–Trinajstić information content (AvgIpc) is 2.72. The fraction of sp³-hybridized carbons (Fsp3) is 1.00. The molecule has 3 fully saturated rings. The molecule has 0 aromatic carbocycles. The minimum atomic E-state index is -0.447. The van der Waals surface area contributed by atoms with E-state index < -0.39 is 8.67 Å². The molecule has 12 heavy (non-hydrogen) atoms. The lowest BCUT2D eigenvalue weighted by Gasteiger charge is -2.01. The largest absolute Gasteiger partial charge is 0.124 e. The Morgan fingerprint density at radius 3 is 1.17 bits per heavy atom. The first-order chi connectivity index (χ1) is 5.45. The molecule has 0 bridgehead atoms. The molecule has 3 rings (SSSR count). The third-order valence-corrected chi connectivity index (χ3v) is 5.99. The molecule has 0 amide bonds. The summed E-state index contributed by atoms with van der Waals surface area (Å²) in [5.74, 6) is 1.84. The highest BCUT2D eigenvalue weighted by Crippen LogP contribution is 2.77. The highest BCUT2D eigenvalue weighted by molar-refractivity contribution is 6.52. The molecule has 0 spiro atoms. The Balaban J connectivity index is 1.80. The number of fused-ring (bicyclic) bond motifs is 2. The Labute approximate surface area is 91.5 Å². The second-order valence-corrected chi connectivity index (χ2v) is 7.14. The highest BCUT2D eigenvalue weighted by Gasteiger charge is 2.76. The van der Waals surface area contributed by atoms with Gasteiger partial charge in [-0.15, -0.1) is 46.4 Å². The highest BCUT2D eigenvalue weighted by atomic mass is 35.5. The van der Waals surface area contributed by atoms with Crippen LogP contribution >= 0.6 is 46.4 Å². The van der Waals surface area contributed by atoms with Gasteiger partial charge in [0.1, 0.15) is 8.67 Å². The van der Waals surface area contributed by atoms with Crippen molar-refractivity contribution in [1.29, 1.82) is 0 Å². The van der Waals surface area contributed by atoms with Gasteiger partial charge in [0.05, 0.1) is 0 Å². The van der Waals surface area contributed by atoms with Crippen LogP contribution in [0.1, 0.15) is 12.8 Å². The Bertz CT molecular complexity index is 201. The van der Waals surface area contributed by atoms with Gasteiger partial charge in [-0.25, -0.2) is 0 Å². The standard InChI is InChI=1S/C8H8Cl4/c9-7(10)3-1-4-6(2-5(3)7)8(4,11)12/h3-6H,1-2H2/t3-,4-,5-,6+/m0/s1. The van der Waals surface area contributed by atoms with Crippen LogP contribution in [0.5, 0.6) is 0 Å². The quantitative estimate of drug-likeness (QED) is 0.572. The van der Waals surface area contributed by atoms with E-state index in [9.17, 15) is 0 Å². The molecule has 0 nitrogen and oxygen atoms in total. The zero-order chi connectivity index (χ0) is 8.72. The van der Waals surface area contributed by atoms with E-state index in [4.69, 9.17) is 46.4 Å². The first kappa shape index (κ1) is 8.47. The Morgan fingerprint density at radius 1 is 0.667 bits per heavy atom. The van der Waals surface area contributed by atoms with Gasteiger partial charge in [0.15, 0.2) is 0 Å². The molecular formula is C8H8Cl4. The van der Waals surface area contributed by atoms with Gasteiger partial charge in [-0.1, -0.05) is 0 Å². The maximum Gasteiger partial charge on any atom is 0.124 e. The first-order valence-electron chi connectivity index (χ1n) is 4.21. The van der Waals surface area contributed by atoms with Crippen LogP contribution < -0.4 is 0 Å². The molecule has 0 saturated heterocycles. The fourth-order valence-corrected chi connectivity index (χ4v) is 4.43. The molecule has 4 heteroatoms. The lowest BCUT2D eigenvalue weighted by atomic mass is 10.0. The molecule has 0 heterocycles. The van der Waals surface area contributed by atoms with Crippen molar-refractivity contribution in [3.63, 3.8) is 0 Å². The summed E-state index contributed by atoms with van der Waals surface area (Å²) >= 11 is 24.3. The average molecular weight is 246 g/mol. The molecule has 0 aromatic rings. The van der Waals surface area contributed by atoms with E-state index in [-0.39, 0.29) is 0 Å². The number of hydrogen-bond donors (Lipinski definition) is 0. The van der Waals surface area contributed by atoms with E-state index in [2.05, 4.69) is 0 Å². The van der Waals surface area contributed by atoms with Crippen molar-refractivity contribution < 1.29 is 0 Å². The third kappa shape index (κ3) is 0.834. The summed E-state index contributed by atoms with van der Waals surface area (Å²) < 4.78 is -0.894. The van der Waals surface area contributed by atoms with Gasteiger partial charge in [0.25, 0.3) is 0 Å². The minimum absolute atomic E-state index is 0.447. The summed E-state index contributed by atoms with van der Waals surface area (Å²) in [7, 11) is 0. The van der Waals surface area contributed by atoms with E-state index in [0.717, 1.165) is 12.8 Å². The molecule has 0 N–H and O–H groups in total. The van der Waals surface area contributed by atoms with Crippen LogP contribution in [0.3, 0.4) is 0 Å². The van der Waals surface area contributed by atoms with Crippen molar-refractivity contribution in [1.82, 2.24) is 0 Å². The normalized spacial score (nSPS) is 57.0. The Hall–Kier alpha value is 1.16. The second kappa shape index (κ2) is 2.05. The number of alkyl halides is 4. The van der Waals surface area contributed by atoms with Crippen LogP contribution in [0.4, 0.5) is 0 Å². The van der Waals surface area contributed by atoms with Gasteiger partial charge < -0.3 is 0 Å². The smallest absolute Gasteiger partial charge is 0.101 e. The monoisotopic (exact) mass is 244 g/mol. The van der Waals surface area contributed by atoms with Crippen LogP contribution in [0.2, 0.25) is 0 Å². The van der Waals surface area contributed by atoms with Gasteiger partial charge in [-0.05, 0) is 36.5 Å². The molecule has 4 atom stereocenters. The van der Waals surface area contributed by atoms with Gasteiger partial charge >= 0.3 is 0 Å². The fourth-order valence-electron chi connectivity index (χ4n) is 2.75. The van der Waals surface area contributed by atoms with Crippen LogP contribution in [0.15, 0.2) is 0 Å². The summed E-state index contributed by atoms with van der Waals surface area (Å²) in [5, 5.41) is 0. The molecule has 0 unspecified atom stereocenters. The Kier molecular flexibility index (Phi) is 1.45. The van der Waals surface area contributed by atoms with Crippen molar-refractivity contribution in [2.75, 3.05) is 0 Å². The summed E-state index contributed by atoms with van der Waals surface area (Å²) in [6, 6.07) is 0. The van der Waals surface area contributed by atoms with Crippen molar-refractivity contribution >= 4 is 46.4 Å². The summed E-state index contributed by atoms with van der Waals surface area (Å²) in [6.07, 6.45) is 2.05. The van der Waals surface area contributed by atoms with Crippen LogP contribution in [-0.4, -0.2) is 8.67 Å². The van der Waals surface area contributed by atoms with E-state index in [1.807, 2.05) is 0 Å². The Morgan fingerprint density at radius 2 is 0.917 bits per heavy atom. The van der Waals surface area contributed by atoms with Crippen LogP contribution in [0, 0.1) is 23.7 Å². The van der Waals surface area contributed by atoms with Crippen molar-refractivity contribution in [2.24, 2.45) is 23.7 Å². The third-order valence-electron chi connectivity index (χ3n) is 3.75. The molecular weight excluding hydrogens is 238 g/mol. The van der Waals surface area contributed by atoms with Gasteiger partial charge in [0, 0.05) is 0 Å². The van der Waals surface area contributed by atoms with Crippen LogP contribution in [0.25, 0.3) is 0 Å². The van der Waals surface area contributed by atoms with Gasteiger partial charge in [0.2, 0.25) is 0 Å². The lowest BCUT2D eigenvalue weighted by Crippen LogP contribution is -1.96. The summed E-state index contributed by atoms with van der Waals surface area (Å²) in [6.45, 7) is 0. The van der Waals surface area contributed by atoms with Crippen molar-refractivity contribution in [3.8, 4) is 0 Å². The second-order valence-electron chi connectivity index (χ2n) is 4.25. The summed E-state index contributed by atoms with van der Waals surface area (Å²) in [4.78, 5) is 0. The molecule has 0 radical (unpaired) electrons. The molecule has 3 saturated carbocycles. The summed E-state index contributed by atoms with van der Waals surface area (Å²) in [5.41, 5.74) is 0. The topological polar surface area (TPSA) is 0 Å². The predicted octanol–water partition coefficient (Wildman–Crippen LogP) is 3.62. The van der Waals surface area contributed by atoms with Crippen LogP contribution in [-0.2, 0) is 0 Å². The maximum atomic E-state index is 6.07. The van der Waals surface area contributed by atoms with E-state index in [0.29, 0.717) is 23.7 Å². The van der Waals surface area contributed by atoms with E-state index in [1.54, 1.807) is 0 Å². The number of hydrogen-bond acceptors (Lipinski definition) is 0. The zero-order valence-corrected chi connectivity index (χ0v) is 9.26. The number of halogens is 4. The molecule has 0 aliphatic heterocycles. The minimum Gasteiger partial charge on any atom is -0.101 e. The van der Waals surface area contributed by atoms with E-state index >= 15 is 0 Å². The molecule has 3 aliphatic carbocycles. The molecule has 3 aliphatic rings. The maximum absolute atomic E-state index is 6.07. The molecule has 68 valence electrons. The van der Waals surface area contributed by atoms with Gasteiger partial charge in [-0.2, -0.15) is 0 Å². The van der Waals surface area contributed by atoms with E-state index in [1.165, 1.54) is 0 Å². The SMILES string of the molecule is ClC1(Cl)[C@@H]2C[C@H]3[C@H](C[C@@H]21)C3(Cl)Cl. The van der Waals surface area contributed by atoms with Gasteiger partial charge in [-0.3, -0.25) is 0 Å². The predicted molar refractivity (Wildman–Crippen MR) is 52.1 cm³/mol.